The number of amides is 2. The van der Waals surface area contributed by atoms with Crippen LogP contribution in [0.5, 0.6) is 0 Å². The third-order valence-electron chi connectivity index (χ3n) is 1.91. The van der Waals surface area contributed by atoms with Crippen LogP contribution in [0.4, 0.5) is 0 Å². The summed E-state index contributed by atoms with van der Waals surface area (Å²) >= 11 is 7.83. The van der Waals surface area contributed by atoms with Gasteiger partial charge in [0, 0.05) is 12.7 Å². The van der Waals surface area contributed by atoms with E-state index in [0.29, 0.717) is 5.75 Å². The summed E-state index contributed by atoms with van der Waals surface area (Å²) in [5, 5.41) is 13.5. The lowest BCUT2D eigenvalue weighted by Gasteiger charge is -2.19. The van der Waals surface area contributed by atoms with E-state index in [1.165, 1.54) is 6.92 Å². The predicted molar refractivity (Wildman–Crippen MR) is 69.5 cm³/mol. The van der Waals surface area contributed by atoms with E-state index in [0.717, 1.165) is 0 Å². The van der Waals surface area contributed by atoms with Crippen molar-refractivity contribution in [2.24, 2.45) is 0 Å². The largest absolute Gasteiger partial charge is 0.480 e. The number of carboxylic acids is 1. The molecule has 0 aromatic heterocycles. The molecular formula is C9H16N2O4S2. The fourth-order valence-corrected chi connectivity index (χ4v) is 1.61. The fourth-order valence-electron chi connectivity index (χ4n) is 1.10. The first-order valence-corrected chi connectivity index (χ1v) is 6.20. The molecule has 0 aromatic carbocycles. The molecule has 0 heterocycles. The molecule has 2 atom stereocenters. The maximum Gasteiger partial charge on any atom is 0.326 e. The summed E-state index contributed by atoms with van der Waals surface area (Å²) in [7, 11) is 0. The Bertz CT molecular complexity index is 299. The zero-order valence-electron chi connectivity index (χ0n) is 9.34. The molecule has 0 saturated heterocycles. The lowest BCUT2D eigenvalue weighted by molar-refractivity contribution is -0.142. The number of thiol groups is 2. The highest BCUT2D eigenvalue weighted by Crippen LogP contribution is 1.97. The van der Waals surface area contributed by atoms with Crippen molar-refractivity contribution >= 4 is 43.0 Å². The standard InChI is InChI=1S/C9H16N2O4S2/c1-5(12)10-7(4-17)8(13)11-6(2-3-16)9(14)15/h6-7,16-17H,2-4H2,1H3,(H,10,12)(H,11,13)(H,14,15). The van der Waals surface area contributed by atoms with Crippen LogP contribution < -0.4 is 10.6 Å². The van der Waals surface area contributed by atoms with Crippen molar-refractivity contribution in [2.75, 3.05) is 11.5 Å². The van der Waals surface area contributed by atoms with Crippen molar-refractivity contribution in [3.05, 3.63) is 0 Å². The van der Waals surface area contributed by atoms with Crippen molar-refractivity contribution in [3.63, 3.8) is 0 Å². The van der Waals surface area contributed by atoms with Gasteiger partial charge in [-0.05, 0) is 12.2 Å². The van der Waals surface area contributed by atoms with Crippen LogP contribution >= 0.6 is 25.3 Å². The number of carboxylic acid groups (broad SMARTS) is 1. The molecule has 2 amide bonds. The molecule has 0 fully saturated rings. The number of aliphatic carboxylic acids is 1. The Hall–Kier alpha value is -0.890. The highest BCUT2D eigenvalue weighted by molar-refractivity contribution is 7.80. The van der Waals surface area contributed by atoms with E-state index < -0.39 is 24.0 Å². The smallest absolute Gasteiger partial charge is 0.326 e. The molecule has 2 unspecified atom stereocenters. The Morgan fingerprint density at radius 3 is 2.12 bits per heavy atom. The molecule has 0 radical (unpaired) electrons. The Morgan fingerprint density at radius 1 is 1.18 bits per heavy atom. The predicted octanol–water partition coefficient (Wildman–Crippen LogP) is -0.690. The number of hydrogen-bond acceptors (Lipinski definition) is 5. The average Bonchev–Trinajstić information content (AvgIpc) is 2.24. The van der Waals surface area contributed by atoms with Crippen LogP contribution in [0.2, 0.25) is 0 Å². The highest BCUT2D eigenvalue weighted by Gasteiger charge is 2.24. The van der Waals surface area contributed by atoms with Gasteiger partial charge in [-0.25, -0.2) is 4.79 Å². The van der Waals surface area contributed by atoms with Gasteiger partial charge in [-0.1, -0.05) is 0 Å². The van der Waals surface area contributed by atoms with E-state index in [-0.39, 0.29) is 18.1 Å². The second-order valence-electron chi connectivity index (χ2n) is 3.35. The van der Waals surface area contributed by atoms with Crippen LogP contribution in [-0.4, -0.2) is 46.5 Å². The molecule has 0 aliphatic carbocycles. The summed E-state index contributed by atoms with van der Waals surface area (Å²) in [5.74, 6) is -1.64. The number of hydrogen-bond donors (Lipinski definition) is 5. The quantitative estimate of drug-likeness (QED) is 0.399. The summed E-state index contributed by atoms with van der Waals surface area (Å²) in [6, 6.07) is -1.84. The molecule has 0 saturated carbocycles. The molecule has 3 N–H and O–H groups in total. The van der Waals surface area contributed by atoms with Crippen LogP contribution in [0.3, 0.4) is 0 Å². The van der Waals surface area contributed by atoms with Gasteiger partial charge in [0.15, 0.2) is 0 Å². The van der Waals surface area contributed by atoms with Gasteiger partial charge in [0.25, 0.3) is 0 Å². The number of nitrogens with one attached hydrogen (secondary N) is 2. The van der Waals surface area contributed by atoms with E-state index in [9.17, 15) is 14.4 Å². The fraction of sp³-hybridized carbons (Fsp3) is 0.667. The van der Waals surface area contributed by atoms with E-state index >= 15 is 0 Å². The van der Waals surface area contributed by atoms with Crippen molar-refractivity contribution in [3.8, 4) is 0 Å². The van der Waals surface area contributed by atoms with Crippen molar-refractivity contribution in [1.82, 2.24) is 10.6 Å². The first kappa shape index (κ1) is 16.1. The number of carbonyl (C=O) groups is 3. The molecule has 0 bridgehead atoms. The lowest BCUT2D eigenvalue weighted by Crippen LogP contribution is -2.52. The number of rotatable bonds is 7. The zero-order valence-corrected chi connectivity index (χ0v) is 11.1. The molecule has 0 aliphatic heterocycles. The summed E-state index contributed by atoms with van der Waals surface area (Å²) in [6.45, 7) is 1.27. The zero-order chi connectivity index (χ0) is 13.4. The second-order valence-corrected chi connectivity index (χ2v) is 4.16. The maximum atomic E-state index is 11.6. The van der Waals surface area contributed by atoms with Gasteiger partial charge in [0.1, 0.15) is 12.1 Å². The van der Waals surface area contributed by atoms with Crippen LogP contribution in [0, 0.1) is 0 Å². The molecule has 98 valence electrons. The van der Waals surface area contributed by atoms with Crippen molar-refractivity contribution in [2.45, 2.75) is 25.4 Å². The van der Waals surface area contributed by atoms with Gasteiger partial charge in [0.05, 0.1) is 0 Å². The SMILES string of the molecule is CC(=O)NC(CS)C(=O)NC(CCS)C(=O)O. The molecule has 0 aromatic rings. The highest BCUT2D eigenvalue weighted by atomic mass is 32.1. The first-order valence-electron chi connectivity index (χ1n) is 4.94. The van der Waals surface area contributed by atoms with Crippen LogP contribution in [0.1, 0.15) is 13.3 Å². The monoisotopic (exact) mass is 280 g/mol. The normalized spacial score (nSPS) is 13.6. The minimum absolute atomic E-state index is 0.0959. The molecule has 17 heavy (non-hydrogen) atoms. The van der Waals surface area contributed by atoms with Gasteiger partial charge in [-0.2, -0.15) is 25.3 Å². The number of carbonyl (C=O) groups excluding carboxylic acids is 2. The average molecular weight is 280 g/mol. The molecule has 0 rings (SSSR count). The first-order chi connectivity index (χ1) is 7.92. The maximum absolute atomic E-state index is 11.6. The van der Waals surface area contributed by atoms with Gasteiger partial charge >= 0.3 is 5.97 Å². The van der Waals surface area contributed by atoms with Gasteiger partial charge in [0.2, 0.25) is 11.8 Å². The molecule has 0 spiro atoms. The van der Waals surface area contributed by atoms with E-state index in [1.54, 1.807) is 0 Å². The lowest BCUT2D eigenvalue weighted by atomic mass is 10.2. The summed E-state index contributed by atoms with van der Waals surface area (Å²) in [4.78, 5) is 33.2. The summed E-state index contributed by atoms with van der Waals surface area (Å²) < 4.78 is 0. The Morgan fingerprint density at radius 2 is 1.76 bits per heavy atom. The molecule has 8 heteroatoms. The van der Waals surface area contributed by atoms with Crippen LogP contribution in [0.15, 0.2) is 0 Å². The van der Waals surface area contributed by atoms with Crippen LogP contribution in [0.25, 0.3) is 0 Å². The summed E-state index contributed by atoms with van der Waals surface area (Å²) in [6.07, 6.45) is 0.212. The second kappa shape index (κ2) is 8.24. The minimum Gasteiger partial charge on any atom is -0.480 e. The van der Waals surface area contributed by atoms with Crippen LogP contribution in [-0.2, 0) is 14.4 Å². The molecule has 0 aliphatic rings. The molecular weight excluding hydrogens is 264 g/mol. The van der Waals surface area contributed by atoms with Gasteiger partial charge < -0.3 is 15.7 Å². The molecule has 6 nitrogen and oxygen atoms in total. The van der Waals surface area contributed by atoms with Crippen molar-refractivity contribution in [1.29, 1.82) is 0 Å². The third-order valence-corrected chi connectivity index (χ3v) is 2.53. The van der Waals surface area contributed by atoms with Crippen molar-refractivity contribution < 1.29 is 19.5 Å². The Balaban J connectivity index is 4.45. The Kier molecular flexibility index (Phi) is 7.81. The third kappa shape index (κ3) is 6.42. The topological polar surface area (TPSA) is 95.5 Å². The van der Waals surface area contributed by atoms with Gasteiger partial charge in [-0.15, -0.1) is 0 Å². The Labute approximate surface area is 110 Å². The van der Waals surface area contributed by atoms with E-state index in [2.05, 4.69) is 35.9 Å². The summed E-state index contributed by atoms with van der Waals surface area (Å²) in [5.41, 5.74) is 0. The van der Waals surface area contributed by atoms with Gasteiger partial charge in [-0.3, -0.25) is 9.59 Å². The van der Waals surface area contributed by atoms with E-state index in [4.69, 9.17) is 5.11 Å². The van der Waals surface area contributed by atoms with E-state index in [1.807, 2.05) is 0 Å². The minimum atomic E-state index is -1.13.